The van der Waals surface area contributed by atoms with Crippen molar-refractivity contribution in [1.82, 2.24) is 0 Å². The summed E-state index contributed by atoms with van der Waals surface area (Å²) in [4.78, 5) is 0. The van der Waals surface area contributed by atoms with Gasteiger partial charge in [-0.25, -0.2) is 0 Å². The molecule has 1 rings (SSSR count). The summed E-state index contributed by atoms with van der Waals surface area (Å²) >= 11 is 0. The van der Waals surface area contributed by atoms with Gasteiger partial charge in [-0.15, -0.1) is 0 Å². The van der Waals surface area contributed by atoms with Crippen molar-refractivity contribution in [2.24, 2.45) is 0 Å². The molecule has 0 spiro atoms. The summed E-state index contributed by atoms with van der Waals surface area (Å²) in [5.41, 5.74) is 2.97. The summed E-state index contributed by atoms with van der Waals surface area (Å²) in [6, 6.07) is 9.45. The minimum absolute atomic E-state index is 0.681. The first-order valence-corrected chi connectivity index (χ1v) is 21.4. The lowest BCUT2D eigenvalue weighted by molar-refractivity contribution is -0.384. The third kappa shape index (κ3) is 23.5. The van der Waals surface area contributed by atoms with E-state index in [-0.39, 0.29) is 0 Å². The Morgan fingerprint density at radius 1 is 0.320 bits per heavy atom. The number of unbranched alkanes of at least 4 members (excludes halogenated alkanes) is 12. The van der Waals surface area contributed by atoms with Crippen LogP contribution < -0.4 is 0 Å². The smallest absolute Gasteiger partial charge is 0.282 e. The molecule has 0 aliphatic heterocycles. The first-order chi connectivity index (χ1) is 24.5. The molecule has 0 saturated carbocycles. The number of hydrogen-bond acceptors (Lipinski definition) is 6. The van der Waals surface area contributed by atoms with Crippen LogP contribution >= 0.6 is 0 Å². The van der Waals surface area contributed by atoms with Gasteiger partial charge in [0.05, 0.1) is 39.6 Å². The summed E-state index contributed by atoms with van der Waals surface area (Å²) in [5, 5.41) is 0. The molecule has 0 N–H and O–H groups in total. The molecule has 0 aliphatic carbocycles. The van der Waals surface area contributed by atoms with Gasteiger partial charge in [0, 0.05) is 12.8 Å². The van der Waals surface area contributed by atoms with Gasteiger partial charge >= 0.3 is 0 Å². The van der Waals surface area contributed by atoms with E-state index in [9.17, 15) is 0 Å². The summed E-state index contributed by atoms with van der Waals surface area (Å²) in [5.74, 6) is -1.68. The van der Waals surface area contributed by atoms with Gasteiger partial charge in [0.25, 0.3) is 11.9 Å². The Morgan fingerprint density at radius 2 is 0.540 bits per heavy atom. The first kappa shape index (κ1) is 47.0. The molecule has 0 unspecified atom stereocenters. The van der Waals surface area contributed by atoms with E-state index in [1.54, 1.807) is 0 Å². The van der Waals surface area contributed by atoms with E-state index in [0.717, 1.165) is 64.2 Å². The predicted octanol–water partition coefficient (Wildman–Crippen LogP) is 12.9. The molecular weight excluding hydrogens is 624 g/mol. The zero-order chi connectivity index (χ0) is 36.4. The molecule has 0 radical (unpaired) electrons. The summed E-state index contributed by atoms with van der Waals surface area (Å²) in [7, 11) is 0. The monoisotopic (exact) mass is 707 g/mol. The molecule has 50 heavy (non-hydrogen) atoms. The van der Waals surface area contributed by atoms with Gasteiger partial charge in [-0.2, -0.15) is 0 Å². The van der Waals surface area contributed by atoms with Crippen LogP contribution in [0.1, 0.15) is 194 Å². The average Bonchev–Trinajstić information content (AvgIpc) is 3.14. The van der Waals surface area contributed by atoms with Crippen molar-refractivity contribution in [3.05, 3.63) is 35.4 Å². The van der Waals surface area contributed by atoms with E-state index >= 15 is 0 Å². The Kier molecular flexibility index (Phi) is 30.7. The molecule has 1 aromatic rings. The van der Waals surface area contributed by atoms with Crippen LogP contribution in [-0.4, -0.2) is 51.6 Å². The van der Waals surface area contributed by atoms with Gasteiger partial charge in [0.2, 0.25) is 0 Å². The van der Waals surface area contributed by atoms with Crippen molar-refractivity contribution in [2.75, 3.05) is 39.6 Å². The molecule has 294 valence electrons. The lowest BCUT2D eigenvalue weighted by Crippen LogP contribution is -2.40. The summed E-state index contributed by atoms with van der Waals surface area (Å²) in [6.45, 7) is 16.9. The first-order valence-electron chi connectivity index (χ1n) is 21.4. The molecule has 0 aliphatic rings. The minimum Gasteiger partial charge on any atom is -0.327 e. The number of rotatable bonds is 38. The quantitative estimate of drug-likeness (QED) is 0.0504. The van der Waals surface area contributed by atoms with Crippen molar-refractivity contribution in [2.45, 2.75) is 208 Å². The van der Waals surface area contributed by atoms with Crippen LogP contribution in [0.15, 0.2) is 24.3 Å². The maximum absolute atomic E-state index is 6.11. The third-order valence-electron chi connectivity index (χ3n) is 9.08. The van der Waals surface area contributed by atoms with Crippen LogP contribution in [0.3, 0.4) is 0 Å². The Balaban J connectivity index is 2.16. The minimum atomic E-state index is -0.842. The van der Waals surface area contributed by atoms with Crippen LogP contribution in [0.4, 0.5) is 0 Å². The molecule has 0 saturated heterocycles. The van der Waals surface area contributed by atoms with Gasteiger partial charge < -0.3 is 28.4 Å². The zero-order valence-electron chi connectivity index (χ0n) is 34.0. The van der Waals surface area contributed by atoms with Crippen LogP contribution in [-0.2, 0) is 41.3 Å². The molecule has 0 fully saturated rings. The fraction of sp³-hybridized carbons (Fsp3) is 0.864. The lowest BCUT2D eigenvalue weighted by Gasteiger charge is -2.33. The standard InChI is InChI=1S/C44H82O6/c1-7-35-45-43(46-36-8-2,47-37-9-3)33-25-21-17-13-15-19-23-27-41-29-31-42(32-30-41)28-24-20-16-14-18-22-26-34-44(48-38-10-4,49-39-11-5)50-40-12-6/h29-32H,7-28,33-40H2,1-6H3. The van der Waals surface area contributed by atoms with Crippen molar-refractivity contribution in [3.63, 3.8) is 0 Å². The topological polar surface area (TPSA) is 55.4 Å². The Morgan fingerprint density at radius 3 is 0.780 bits per heavy atom. The van der Waals surface area contributed by atoms with Gasteiger partial charge in [0.1, 0.15) is 0 Å². The fourth-order valence-corrected chi connectivity index (χ4v) is 6.21. The Hall–Kier alpha value is -1.02. The fourth-order valence-electron chi connectivity index (χ4n) is 6.21. The molecule has 6 nitrogen and oxygen atoms in total. The van der Waals surface area contributed by atoms with Crippen molar-refractivity contribution >= 4 is 0 Å². The van der Waals surface area contributed by atoms with E-state index < -0.39 is 11.9 Å². The number of hydrogen-bond donors (Lipinski definition) is 0. The van der Waals surface area contributed by atoms with Crippen molar-refractivity contribution in [1.29, 1.82) is 0 Å². The van der Waals surface area contributed by atoms with Gasteiger partial charge in [-0.3, -0.25) is 0 Å². The third-order valence-corrected chi connectivity index (χ3v) is 9.08. The predicted molar refractivity (Wildman–Crippen MR) is 211 cm³/mol. The van der Waals surface area contributed by atoms with E-state index in [4.69, 9.17) is 28.4 Å². The van der Waals surface area contributed by atoms with Gasteiger partial charge in [-0.1, -0.05) is 130 Å². The molecule has 6 heteroatoms. The van der Waals surface area contributed by atoms with Gasteiger partial charge in [-0.05, 0) is 88.2 Å². The van der Waals surface area contributed by atoms with Crippen molar-refractivity contribution < 1.29 is 28.4 Å². The van der Waals surface area contributed by atoms with Crippen LogP contribution in [0.2, 0.25) is 0 Å². The summed E-state index contributed by atoms with van der Waals surface area (Å²) < 4.78 is 36.7. The average molecular weight is 707 g/mol. The van der Waals surface area contributed by atoms with E-state index in [1.165, 1.54) is 101 Å². The molecule has 0 amide bonds. The highest BCUT2D eigenvalue weighted by Gasteiger charge is 2.33. The SMILES string of the molecule is CCCOC(CCCCCCCCCc1ccc(CCCCCCCCCC(OCCC)(OCCC)OCCC)cc1)(OCCC)OCCC. The zero-order valence-corrected chi connectivity index (χ0v) is 34.0. The highest BCUT2D eigenvalue weighted by atomic mass is 16.9. The van der Waals surface area contributed by atoms with Gasteiger partial charge in [0.15, 0.2) is 0 Å². The second kappa shape index (κ2) is 32.6. The lowest BCUT2D eigenvalue weighted by atomic mass is 10.0. The van der Waals surface area contributed by atoms with Crippen LogP contribution in [0, 0.1) is 0 Å². The Bertz CT molecular complexity index is 731. The highest BCUT2D eigenvalue weighted by molar-refractivity contribution is 5.22. The van der Waals surface area contributed by atoms with E-state index in [0.29, 0.717) is 39.6 Å². The van der Waals surface area contributed by atoms with Crippen LogP contribution in [0.5, 0.6) is 0 Å². The molecular formula is C44H82O6. The molecule has 0 atom stereocenters. The maximum Gasteiger partial charge on any atom is 0.282 e. The normalized spacial score (nSPS) is 12.3. The maximum atomic E-state index is 6.11. The molecule has 1 aromatic carbocycles. The second-order valence-electron chi connectivity index (χ2n) is 14.2. The second-order valence-corrected chi connectivity index (χ2v) is 14.2. The number of ether oxygens (including phenoxy) is 6. The van der Waals surface area contributed by atoms with Crippen LogP contribution in [0.25, 0.3) is 0 Å². The number of aryl methyl sites for hydroxylation is 2. The molecule has 0 bridgehead atoms. The van der Waals surface area contributed by atoms with Crippen molar-refractivity contribution in [3.8, 4) is 0 Å². The summed E-state index contributed by atoms with van der Waals surface area (Å²) in [6.07, 6.45) is 27.5. The van der Waals surface area contributed by atoms with E-state index in [1.807, 2.05) is 0 Å². The largest absolute Gasteiger partial charge is 0.327 e. The highest BCUT2D eigenvalue weighted by Crippen LogP contribution is 2.27. The Labute approximate surface area is 310 Å². The molecule has 0 aromatic heterocycles. The van der Waals surface area contributed by atoms with E-state index in [2.05, 4.69) is 65.8 Å². The number of benzene rings is 1. The molecule has 0 heterocycles.